The van der Waals surface area contributed by atoms with Gasteiger partial charge in [0.25, 0.3) is 5.91 Å². The molecule has 1 N–H and O–H groups in total. The molecule has 2 aromatic carbocycles. The number of halogens is 3. The smallest absolute Gasteiger partial charge is 0.265 e. The van der Waals surface area contributed by atoms with Gasteiger partial charge in [0.2, 0.25) is 0 Å². The fourth-order valence-corrected chi connectivity index (χ4v) is 3.39. The van der Waals surface area contributed by atoms with E-state index >= 15 is 0 Å². The summed E-state index contributed by atoms with van der Waals surface area (Å²) < 4.78 is 14.7. The molecule has 1 amide bonds. The Balaban J connectivity index is 1.91. The number of nitrogens with one attached hydrogen (secondary N) is 1. The molecule has 0 unspecified atom stereocenters. The van der Waals surface area contributed by atoms with Crippen molar-refractivity contribution in [1.82, 2.24) is 0 Å². The molecule has 0 spiro atoms. The van der Waals surface area contributed by atoms with Crippen LogP contribution in [0.15, 0.2) is 46.9 Å². The summed E-state index contributed by atoms with van der Waals surface area (Å²) >= 11 is 10.5. The lowest BCUT2D eigenvalue weighted by molar-refractivity contribution is 0.103. The lowest BCUT2D eigenvalue weighted by Gasteiger charge is -2.06. The summed E-state index contributed by atoms with van der Waals surface area (Å²) in [5.41, 5.74) is 0.594. The van der Waals surface area contributed by atoms with Gasteiger partial charge in [-0.2, -0.15) is 0 Å². The highest BCUT2D eigenvalue weighted by Crippen LogP contribution is 2.29. The van der Waals surface area contributed by atoms with Crippen LogP contribution >= 0.6 is 38.9 Å². The van der Waals surface area contributed by atoms with E-state index in [4.69, 9.17) is 11.6 Å². The van der Waals surface area contributed by atoms with Gasteiger partial charge in [-0.3, -0.25) is 4.79 Å². The SMILES string of the molecule is O=C(Nc1cc(Cl)ccc1Br)c1cc2ccc(F)cc2s1. The number of thiophene rings is 1. The number of benzene rings is 2. The minimum atomic E-state index is -0.311. The van der Waals surface area contributed by atoms with Crippen LogP contribution in [0, 0.1) is 5.82 Å². The first-order chi connectivity index (χ1) is 10.0. The summed E-state index contributed by atoms with van der Waals surface area (Å²) in [6.45, 7) is 0. The normalized spacial score (nSPS) is 10.8. The maximum atomic E-state index is 13.2. The Hall–Kier alpha value is -1.43. The first-order valence-corrected chi connectivity index (χ1v) is 7.97. The highest BCUT2D eigenvalue weighted by molar-refractivity contribution is 9.10. The van der Waals surface area contributed by atoms with Crippen molar-refractivity contribution in [2.75, 3.05) is 5.32 Å². The molecule has 0 fully saturated rings. The Kier molecular flexibility index (Phi) is 3.97. The topological polar surface area (TPSA) is 29.1 Å². The molecule has 0 radical (unpaired) electrons. The quantitative estimate of drug-likeness (QED) is 0.602. The molecule has 0 aliphatic heterocycles. The van der Waals surface area contributed by atoms with Gasteiger partial charge in [-0.05, 0) is 57.7 Å². The summed E-state index contributed by atoms with van der Waals surface area (Å²) in [5, 5.41) is 4.17. The molecule has 2 nitrogen and oxygen atoms in total. The standard InChI is InChI=1S/C15H8BrClFNOS/c16-11-4-2-9(17)6-12(11)19-15(20)14-5-8-1-3-10(18)7-13(8)21-14/h1-7H,(H,19,20). The van der Waals surface area contributed by atoms with Crippen molar-refractivity contribution < 1.29 is 9.18 Å². The zero-order valence-corrected chi connectivity index (χ0v) is 13.7. The average molecular weight is 385 g/mol. The molecule has 0 saturated heterocycles. The molecule has 1 heterocycles. The second kappa shape index (κ2) is 5.75. The van der Waals surface area contributed by atoms with E-state index in [2.05, 4.69) is 21.2 Å². The van der Waals surface area contributed by atoms with Crippen LogP contribution in [0.4, 0.5) is 10.1 Å². The van der Waals surface area contributed by atoms with Gasteiger partial charge in [-0.25, -0.2) is 4.39 Å². The number of rotatable bonds is 2. The number of carbonyl (C=O) groups is 1. The van der Waals surface area contributed by atoms with E-state index in [0.717, 1.165) is 14.6 Å². The molecule has 1 aromatic heterocycles. The van der Waals surface area contributed by atoms with Crippen LogP contribution in [0.2, 0.25) is 5.02 Å². The number of hydrogen-bond acceptors (Lipinski definition) is 2. The average Bonchev–Trinajstić information content (AvgIpc) is 2.86. The Labute approximate surface area is 137 Å². The summed E-state index contributed by atoms with van der Waals surface area (Å²) in [6.07, 6.45) is 0. The molecule has 0 aliphatic rings. The lowest BCUT2D eigenvalue weighted by Crippen LogP contribution is -2.10. The molecule has 0 bridgehead atoms. The van der Waals surface area contributed by atoms with Crippen molar-refractivity contribution in [3.8, 4) is 0 Å². The number of anilines is 1. The van der Waals surface area contributed by atoms with E-state index in [-0.39, 0.29) is 11.7 Å². The maximum Gasteiger partial charge on any atom is 0.265 e. The minimum Gasteiger partial charge on any atom is -0.320 e. The maximum absolute atomic E-state index is 13.2. The third-order valence-electron chi connectivity index (χ3n) is 2.88. The first kappa shape index (κ1) is 14.5. The van der Waals surface area contributed by atoms with Crippen LogP contribution < -0.4 is 5.32 Å². The van der Waals surface area contributed by atoms with Crippen molar-refractivity contribution in [3.63, 3.8) is 0 Å². The molecular weight excluding hydrogens is 377 g/mol. The zero-order chi connectivity index (χ0) is 15.0. The molecule has 6 heteroatoms. The summed E-state index contributed by atoms with van der Waals surface area (Å²) in [6, 6.07) is 11.4. The molecule has 21 heavy (non-hydrogen) atoms. The molecule has 3 rings (SSSR count). The Morgan fingerprint density at radius 2 is 2.00 bits per heavy atom. The molecule has 106 valence electrons. The largest absolute Gasteiger partial charge is 0.320 e. The number of amides is 1. The minimum absolute atomic E-state index is 0.250. The van der Waals surface area contributed by atoms with Gasteiger partial charge < -0.3 is 5.32 Å². The zero-order valence-electron chi connectivity index (χ0n) is 10.5. The predicted molar refractivity (Wildman–Crippen MR) is 88.9 cm³/mol. The second-order valence-corrected chi connectivity index (χ2v) is 6.75. The van der Waals surface area contributed by atoms with Crippen LogP contribution in [-0.4, -0.2) is 5.91 Å². The van der Waals surface area contributed by atoms with E-state index < -0.39 is 0 Å². The van der Waals surface area contributed by atoms with Crippen LogP contribution in [0.1, 0.15) is 9.67 Å². The fourth-order valence-electron chi connectivity index (χ4n) is 1.89. The second-order valence-electron chi connectivity index (χ2n) is 4.37. The van der Waals surface area contributed by atoms with Gasteiger partial charge >= 0.3 is 0 Å². The third-order valence-corrected chi connectivity index (χ3v) is 4.91. The third kappa shape index (κ3) is 3.10. The van der Waals surface area contributed by atoms with E-state index in [1.807, 2.05) is 0 Å². The van der Waals surface area contributed by atoms with Gasteiger partial charge in [0, 0.05) is 14.2 Å². The highest BCUT2D eigenvalue weighted by Gasteiger charge is 2.12. The summed E-state index contributed by atoms with van der Waals surface area (Å²) in [4.78, 5) is 12.8. The van der Waals surface area contributed by atoms with E-state index in [1.54, 1.807) is 30.3 Å². The fraction of sp³-hybridized carbons (Fsp3) is 0. The van der Waals surface area contributed by atoms with Gasteiger partial charge in [0.15, 0.2) is 0 Å². The van der Waals surface area contributed by atoms with Crippen LogP contribution in [0.25, 0.3) is 10.1 Å². The van der Waals surface area contributed by atoms with Crippen molar-refractivity contribution in [3.05, 3.63) is 62.7 Å². The lowest BCUT2D eigenvalue weighted by atomic mass is 10.2. The highest BCUT2D eigenvalue weighted by atomic mass is 79.9. The van der Waals surface area contributed by atoms with Gasteiger partial charge in [0.1, 0.15) is 5.82 Å². The molecule has 0 aliphatic carbocycles. The molecular formula is C15H8BrClFNOS. The number of fused-ring (bicyclic) bond motifs is 1. The van der Waals surface area contributed by atoms with Gasteiger partial charge in [-0.1, -0.05) is 17.7 Å². The predicted octanol–water partition coefficient (Wildman–Crippen LogP) is 5.71. The van der Waals surface area contributed by atoms with Crippen molar-refractivity contribution >= 4 is 60.5 Å². The van der Waals surface area contributed by atoms with Crippen LogP contribution in [0.3, 0.4) is 0 Å². The first-order valence-electron chi connectivity index (χ1n) is 5.98. The molecule has 0 saturated carbocycles. The van der Waals surface area contributed by atoms with Gasteiger partial charge in [0.05, 0.1) is 10.6 Å². The van der Waals surface area contributed by atoms with Crippen molar-refractivity contribution in [1.29, 1.82) is 0 Å². The van der Waals surface area contributed by atoms with Crippen LogP contribution in [0.5, 0.6) is 0 Å². The summed E-state index contributed by atoms with van der Waals surface area (Å²) in [7, 11) is 0. The number of carbonyl (C=O) groups excluding carboxylic acids is 1. The molecule has 3 aromatic rings. The molecule has 0 atom stereocenters. The monoisotopic (exact) mass is 383 g/mol. The summed E-state index contributed by atoms with van der Waals surface area (Å²) in [5.74, 6) is -0.562. The van der Waals surface area contributed by atoms with E-state index in [1.165, 1.54) is 23.5 Å². The Morgan fingerprint density at radius 3 is 2.81 bits per heavy atom. The number of hydrogen-bond donors (Lipinski definition) is 1. The Bertz CT molecular complexity index is 849. The van der Waals surface area contributed by atoms with Gasteiger partial charge in [-0.15, -0.1) is 11.3 Å². The van der Waals surface area contributed by atoms with Crippen molar-refractivity contribution in [2.45, 2.75) is 0 Å². The van der Waals surface area contributed by atoms with Crippen molar-refractivity contribution in [2.24, 2.45) is 0 Å². The van der Waals surface area contributed by atoms with E-state index in [9.17, 15) is 9.18 Å². The van der Waals surface area contributed by atoms with E-state index in [0.29, 0.717) is 15.6 Å². The van der Waals surface area contributed by atoms with Crippen LogP contribution in [-0.2, 0) is 0 Å². The Morgan fingerprint density at radius 1 is 1.19 bits per heavy atom.